The van der Waals surface area contributed by atoms with Gasteiger partial charge in [-0.15, -0.1) is 0 Å². The third kappa shape index (κ3) is 5.12. The molecule has 31 heavy (non-hydrogen) atoms. The lowest BCUT2D eigenvalue weighted by atomic mass is 10.0. The maximum atomic E-state index is 12.4. The average molecular weight is 424 g/mol. The van der Waals surface area contributed by atoms with Gasteiger partial charge in [0.05, 0.1) is 20.6 Å². The minimum Gasteiger partial charge on any atom is -0.493 e. The summed E-state index contributed by atoms with van der Waals surface area (Å²) >= 11 is 0. The molecule has 2 aromatic carbocycles. The van der Waals surface area contributed by atoms with Crippen LogP contribution in [0.5, 0.6) is 11.5 Å². The summed E-state index contributed by atoms with van der Waals surface area (Å²) in [4.78, 5) is 36.5. The van der Waals surface area contributed by atoms with E-state index in [1.165, 1.54) is 20.3 Å². The number of benzene rings is 2. The van der Waals surface area contributed by atoms with Gasteiger partial charge in [-0.3, -0.25) is 9.59 Å². The quantitative estimate of drug-likeness (QED) is 0.305. The number of ether oxygens (including phenoxy) is 3. The molecule has 7 heteroatoms. The van der Waals surface area contributed by atoms with E-state index in [9.17, 15) is 14.4 Å². The molecule has 0 saturated carbocycles. The van der Waals surface area contributed by atoms with E-state index >= 15 is 0 Å². The van der Waals surface area contributed by atoms with Crippen molar-refractivity contribution in [1.29, 1.82) is 0 Å². The standard InChI is InChI=1S/C24H24O7/c1-14-9-18-17(12-24(27)31-21(18)10-15(14)2)13-30-23(26)8-6-19(25)16-5-7-20(28-3)22(11-16)29-4/h5,7,9-12H,6,8,13H2,1-4H3. The number of hydrogen-bond donors (Lipinski definition) is 0. The summed E-state index contributed by atoms with van der Waals surface area (Å²) in [6.45, 7) is 3.81. The number of ketones is 1. The second kappa shape index (κ2) is 9.47. The van der Waals surface area contributed by atoms with Crippen LogP contribution >= 0.6 is 0 Å². The molecule has 0 aliphatic rings. The first kappa shape index (κ1) is 22.1. The topological polar surface area (TPSA) is 92.0 Å². The first-order chi connectivity index (χ1) is 14.8. The Morgan fingerprint density at radius 3 is 2.32 bits per heavy atom. The third-order valence-corrected chi connectivity index (χ3v) is 5.09. The summed E-state index contributed by atoms with van der Waals surface area (Å²) < 4.78 is 20.9. The highest BCUT2D eigenvalue weighted by Gasteiger charge is 2.15. The van der Waals surface area contributed by atoms with Crippen LogP contribution in [0, 0.1) is 13.8 Å². The third-order valence-electron chi connectivity index (χ3n) is 5.09. The molecule has 0 amide bonds. The van der Waals surface area contributed by atoms with E-state index in [0.717, 1.165) is 16.5 Å². The predicted octanol–water partition coefficient (Wildman–Crippen LogP) is 4.13. The Hall–Kier alpha value is -3.61. The van der Waals surface area contributed by atoms with Crippen molar-refractivity contribution in [2.75, 3.05) is 14.2 Å². The van der Waals surface area contributed by atoms with Crippen LogP contribution in [0.1, 0.15) is 39.9 Å². The summed E-state index contributed by atoms with van der Waals surface area (Å²) in [7, 11) is 3.00. The van der Waals surface area contributed by atoms with Crippen LogP contribution in [0.3, 0.4) is 0 Å². The lowest BCUT2D eigenvalue weighted by Gasteiger charge is -2.10. The van der Waals surface area contributed by atoms with Crippen LogP contribution < -0.4 is 15.1 Å². The van der Waals surface area contributed by atoms with Gasteiger partial charge >= 0.3 is 11.6 Å². The number of carbonyl (C=O) groups excluding carboxylic acids is 2. The molecule has 0 saturated heterocycles. The Bertz CT molecular complexity index is 1190. The normalized spacial score (nSPS) is 10.7. The molecule has 0 fully saturated rings. The molecule has 0 aliphatic heterocycles. The second-order valence-corrected chi connectivity index (χ2v) is 7.18. The van der Waals surface area contributed by atoms with Crippen LogP contribution in [0.25, 0.3) is 11.0 Å². The van der Waals surface area contributed by atoms with Gasteiger partial charge in [-0.25, -0.2) is 4.79 Å². The highest BCUT2D eigenvalue weighted by Crippen LogP contribution is 2.28. The van der Waals surface area contributed by atoms with E-state index in [1.54, 1.807) is 24.3 Å². The van der Waals surface area contributed by atoms with E-state index in [2.05, 4.69) is 0 Å². The highest BCUT2D eigenvalue weighted by atomic mass is 16.5. The number of carbonyl (C=O) groups is 2. The van der Waals surface area contributed by atoms with Gasteiger partial charge in [0.15, 0.2) is 17.3 Å². The molecule has 1 heterocycles. The van der Waals surface area contributed by atoms with Crippen molar-refractivity contribution in [2.24, 2.45) is 0 Å². The van der Waals surface area contributed by atoms with Crippen LogP contribution in [0.4, 0.5) is 0 Å². The summed E-state index contributed by atoms with van der Waals surface area (Å²) in [6, 6.07) is 9.84. The fraction of sp³-hybridized carbons (Fsp3) is 0.292. The summed E-state index contributed by atoms with van der Waals surface area (Å²) in [6.07, 6.45) is -0.0883. The molecule has 0 spiro atoms. The Kier molecular flexibility index (Phi) is 6.74. The zero-order valence-electron chi connectivity index (χ0n) is 17.9. The van der Waals surface area contributed by atoms with Gasteiger partial charge in [-0.05, 0) is 55.3 Å². The van der Waals surface area contributed by atoms with Gasteiger partial charge < -0.3 is 18.6 Å². The minimum atomic E-state index is -0.529. The van der Waals surface area contributed by atoms with Crippen LogP contribution in [-0.2, 0) is 16.1 Å². The number of aryl methyl sites for hydroxylation is 2. The van der Waals surface area contributed by atoms with Gasteiger partial charge in [0.1, 0.15) is 12.2 Å². The van der Waals surface area contributed by atoms with Gasteiger partial charge in [0, 0.05) is 29.0 Å². The largest absolute Gasteiger partial charge is 0.493 e. The molecule has 1 aromatic heterocycles. The van der Waals surface area contributed by atoms with Crippen molar-refractivity contribution in [1.82, 2.24) is 0 Å². The zero-order chi connectivity index (χ0) is 22.5. The summed E-state index contributed by atoms with van der Waals surface area (Å²) in [5.74, 6) is 0.216. The monoisotopic (exact) mass is 424 g/mol. The van der Waals surface area contributed by atoms with Crippen LogP contribution in [-0.4, -0.2) is 26.0 Å². The van der Waals surface area contributed by atoms with Crippen molar-refractivity contribution in [3.05, 3.63) is 69.1 Å². The lowest BCUT2D eigenvalue weighted by molar-refractivity contribution is -0.144. The molecule has 3 aromatic rings. The van der Waals surface area contributed by atoms with Crippen LogP contribution in [0.2, 0.25) is 0 Å². The number of esters is 1. The molecule has 0 bridgehead atoms. The summed E-state index contributed by atoms with van der Waals surface area (Å²) in [5.41, 5.74) is 2.96. The predicted molar refractivity (Wildman–Crippen MR) is 115 cm³/mol. The van der Waals surface area contributed by atoms with E-state index in [1.807, 2.05) is 19.9 Å². The number of hydrogen-bond acceptors (Lipinski definition) is 7. The minimum absolute atomic E-state index is 0.00963. The second-order valence-electron chi connectivity index (χ2n) is 7.18. The molecule has 3 rings (SSSR count). The van der Waals surface area contributed by atoms with Crippen molar-refractivity contribution >= 4 is 22.7 Å². The maximum absolute atomic E-state index is 12.4. The molecular weight excluding hydrogens is 400 g/mol. The van der Waals surface area contributed by atoms with Gasteiger partial charge in [0.2, 0.25) is 0 Å². The lowest BCUT2D eigenvalue weighted by Crippen LogP contribution is -2.10. The first-order valence-corrected chi connectivity index (χ1v) is 9.77. The van der Waals surface area contributed by atoms with Crippen molar-refractivity contribution in [3.8, 4) is 11.5 Å². The first-order valence-electron chi connectivity index (χ1n) is 9.77. The number of methoxy groups -OCH3 is 2. The number of fused-ring (bicyclic) bond motifs is 1. The van der Waals surface area contributed by atoms with E-state index in [-0.39, 0.29) is 25.2 Å². The van der Waals surface area contributed by atoms with E-state index in [0.29, 0.717) is 28.2 Å². The number of Topliss-reactive ketones (excluding diaryl/α,β-unsaturated/α-hetero) is 1. The number of rotatable bonds is 8. The van der Waals surface area contributed by atoms with Crippen LogP contribution in [0.15, 0.2) is 45.6 Å². The molecule has 0 unspecified atom stereocenters. The van der Waals surface area contributed by atoms with Crippen molar-refractivity contribution in [2.45, 2.75) is 33.3 Å². The fourth-order valence-corrected chi connectivity index (χ4v) is 3.20. The SMILES string of the molecule is COc1ccc(C(=O)CCC(=O)OCc2cc(=O)oc3cc(C)c(C)cc23)cc1OC. The smallest absolute Gasteiger partial charge is 0.336 e. The molecule has 7 nitrogen and oxygen atoms in total. The van der Waals surface area contributed by atoms with Gasteiger partial charge in [-0.1, -0.05) is 0 Å². The molecular formula is C24H24O7. The Balaban J connectivity index is 1.64. The molecule has 0 N–H and O–H groups in total. The molecule has 0 atom stereocenters. The zero-order valence-corrected chi connectivity index (χ0v) is 17.9. The molecule has 0 aliphatic carbocycles. The average Bonchev–Trinajstić information content (AvgIpc) is 2.76. The van der Waals surface area contributed by atoms with E-state index in [4.69, 9.17) is 18.6 Å². The molecule has 0 radical (unpaired) electrons. The Morgan fingerprint density at radius 2 is 1.61 bits per heavy atom. The van der Waals surface area contributed by atoms with Crippen molar-refractivity contribution < 1.29 is 28.2 Å². The van der Waals surface area contributed by atoms with Gasteiger partial charge in [-0.2, -0.15) is 0 Å². The Labute approximate surface area is 179 Å². The fourth-order valence-electron chi connectivity index (χ4n) is 3.20. The highest BCUT2D eigenvalue weighted by molar-refractivity contribution is 5.98. The Morgan fingerprint density at radius 1 is 0.903 bits per heavy atom. The van der Waals surface area contributed by atoms with Crippen molar-refractivity contribution in [3.63, 3.8) is 0 Å². The summed E-state index contributed by atoms with van der Waals surface area (Å²) in [5, 5.41) is 0.719. The van der Waals surface area contributed by atoms with Gasteiger partial charge in [0.25, 0.3) is 0 Å². The molecule has 162 valence electrons. The maximum Gasteiger partial charge on any atom is 0.336 e. The van der Waals surface area contributed by atoms with E-state index < -0.39 is 11.6 Å².